The maximum absolute atomic E-state index is 13.8. The Morgan fingerprint density at radius 1 is 0.510 bits per heavy atom. The van der Waals surface area contributed by atoms with Crippen LogP contribution < -0.4 is 0 Å². The lowest BCUT2D eigenvalue weighted by atomic mass is 10.2. The van der Waals surface area contributed by atoms with Crippen molar-refractivity contribution >= 4 is 29.8 Å². The van der Waals surface area contributed by atoms with Crippen LogP contribution in [0.2, 0.25) is 0 Å². The largest absolute Gasteiger partial charge is 0.459 e. The van der Waals surface area contributed by atoms with Crippen molar-refractivity contribution in [2.75, 3.05) is 72.0 Å². The molecule has 2 rings (SSSR count). The maximum atomic E-state index is 13.8. The second kappa shape index (κ2) is 18.4. The van der Waals surface area contributed by atoms with Gasteiger partial charge in [-0.05, 0) is 95.9 Å². The lowest BCUT2D eigenvalue weighted by Gasteiger charge is -2.33. The van der Waals surface area contributed by atoms with Crippen LogP contribution in [0.1, 0.15) is 95.9 Å². The summed E-state index contributed by atoms with van der Waals surface area (Å²) >= 11 is 0. The minimum absolute atomic E-state index is 0.0145. The molecule has 51 heavy (non-hydrogen) atoms. The number of nitrogens with zero attached hydrogens (tertiary/aromatic N) is 5. The van der Waals surface area contributed by atoms with E-state index in [0.29, 0.717) is 39.3 Å². The predicted molar refractivity (Wildman–Crippen MR) is 193 cm³/mol. The molecule has 0 aromatic heterocycles. The molecule has 0 aromatic rings. The van der Waals surface area contributed by atoms with Gasteiger partial charge in [0.2, 0.25) is 5.91 Å². The summed E-state index contributed by atoms with van der Waals surface area (Å²) in [5.74, 6) is -1.86. The molecule has 1 amide bonds. The SMILES string of the molecule is CC(C)(C)OC(=O)CN1/C=C\N(CC(=O)N(CC(=O)OC(C)(C)C)C2CC2)CCN(CC(=O)OC(C)(C)C)CCN(CC(=O)OC(C)(C)C)CC1. The number of carbonyl (C=O) groups is 5. The molecule has 1 heterocycles. The summed E-state index contributed by atoms with van der Waals surface area (Å²) in [5.41, 5.74) is -2.66. The normalized spacial score (nSPS) is 18.2. The zero-order valence-electron chi connectivity index (χ0n) is 33.3. The number of hydrogen-bond donors (Lipinski definition) is 0. The average molecular weight is 724 g/mol. The van der Waals surface area contributed by atoms with Crippen molar-refractivity contribution in [3.05, 3.63) is 12.4 Å². The molecular weight excluding hydrogens is 658 g/mol. The lowest BCUT2D eigenvalue weighted by Crippen LogP contribution is -2.48. The van der Waals surface area contributed by atoms with E-state index in [4.69, 9.17) is 18.9 Å². The van der Waals surface area contributed by atoms with Gasteiger partial charge in [-0.1, -0.05) is 0 Å². The summed E-state index contributed by atoms with van der Waals surface area (Å²) in [7, 11) is 0. The van der Waals surface area contributed by atoms with Gasteiger partial charge in [0.05, 0.1) is 19.6 Å². The fourth-order valence-electron chi connectivity index (χ4n) is 5.20. The third-order valence-electron chi connectivity index (χ3n) is 7.29. The Kier molecular flexibility index (Phi) is 15.8. The summed E-state index contributed by atoms with van der Waals surface area (Å²) in [5, 5.41) is 0. The van der Waals surface area contributed by atoms with Crippen molar-refractivity contribution in [3.63, 3.8) is 0 Å². The quantitative estimate of drug-likeness (QED) is 0.228. The molecule has 0 N–H and O–H groups in total. The van der Waals surface area contributed by atoms with Crippen LogP contribution in [0, 0.1) is 0 Å². The predicted octanol–water partition coefficient (Wildman–Crippen LogP) is 3.04. The van der Waals surface area contributed by atoms with Crippen LogP contribution in [0.5, 0.6) is 0 Å². The molecular formula is C37H65N5O9. The van der Waals surface area contributed by atoms with Gasteiger partial charge in [0.15, 0.2) is 0 Å². The Morgan fingerprint density at radius 2 is 0.843 bits per heavy atom. The first-order valence-corrected chi connectivity index (χ1v) is 18.0. The smallest absolute Gasteiger partial charge is 0.326 e. The highest BCUT2D eigenvalue weighted by Crippen LogP contribution is 2.27. The molecule has 1 fully saturated rings. The van der Waals surface area contributed by atoms with Gasteiger partial charge in [-0.25, -0.2) is 0 Å². The number of carbonyl (C=O) groups excluding carboxylic acids is 5. The van der Waals surface area contributed by atoms with Crippen molar-refractivity contribution in [3.8, 4) is 0 Å². The molecule has 1 aliphatic heterocycles. The molecule has 0 bridgehead atoms. The van der Waals surface area contributed by atoms with Gasteiger partial charge in [0.25, 0.3) is 0 Å². The van der Waals surface area contributed by atoms with Gasteiger partial charge in [0, 0.05) is 57.7 Å². The summed E-state index contributed by atoms with van der Waals surface area (Å²) < 4.78 is 22.3. The summed E-state index contributed by atoms with van der Waals surface area (Å²) in [6, 6.07) is -0.0234. The number of amides is 1. The van der Waals surface area contributed by atoms with Crippen molar-refractivity contribution in [2.24, 2.45) is 0 Å². The molecule has 14 nitrogen and oxygen atoms in total. The van der Waals surface area contributed by atoms with Crippen molar-refractivity contribution in [2.45, 2.75) is 124 Å². The fraction of sp³-hybridized carbons (Fsp3) is 0.811. The highest BCUT2D eigenvalue weighted by Gasteiger charge is 2.35. The van der Waals surface area contributed by atoms with Gasteiger partial charge >= 0.3 is 23.9 Å². The van der Waals surface area contributed by atoms with Crippen LogP contribution in [0.15, 0.2) is 12.4 Å². The van der Waals surface area contributed by atoms with E-state index in [2.05, 4.69) is 0 Å². The molecule has 1 saturated carbocycles. The van der Waals surface area contributed by atoms with Crippen LogP contribution in [-0.2, 0) is 42.9 Å². The fourth-order valence-corrected chi connectivity index (χ4v) is 5.20. The monoisotopic (exact) mass is 723 g/mol. The first-order chi connectivity index (χ1) is 23.3. The van der Waals surface area contributed by atoms with E-state index in [1.54, 1.807) is 63.7 Å². The Balaban J connectivity index is 2.39. The zero-order valence-corrected chi connectivity index (χ0v) is 33.3. The zero-order chi connectivity index (χ0) is 38.8. The lowest BCUT2D eigenvalue weighted by molar-refractivity contribution is -0.159. The summed E-state index contributed by atoms with van der Waals surface area (Å²) in [6.45, 7) is 23.8. The van der Waals surface area contributed by atoms with E-state index >= 15 is 0 Å². The number of rotatable bonds is 11. The molecule has 2 aliphatic rings. The first-order valence-electron chi connectivity index (χ1n) is 18.0. The van der Waals surface area contributed by atoms with Gasteiger partial charge in [-0.2, -0.15) is 0 Å². The molecule has 14 heteroatoms. The van der Waals surface area contributed by atoms with E-state index in [1.807, 2.05) is 56.2 Å². The molecule has 292 valence electrons. The van der Waals surface area contributed by atoms with Gasteiger partial charge in [0.1, 0.15) is 35.5 Å². The van der Waals surface area contributed by atoms with Crippen LogP contribution in [0.3, 0.4) is 0 Å². The van der Waals surface area contributed by atoms with Crippen LogP contribution in [-0.4, -0.2) is 155 Å². The minimum Gasteiger partial charge on any atom is -0.459 e. The van der Waals surface area contributed by atoms with Crippen LogP contribution in [0.25, 0.3) is 0 Å². The first kappa shape index (κ1) is 43.8. The van der Waals surface area contributed by atoms with Gasteiger partial charge in [-0.15, -0.1) is 0 Å². The van der Waals surface area contributed by atoms with Gasteiger partial charge < -0.3 is 33.6 Å². The Hall–Kier alpha value is -3.39. The van der Waals surface area contributed by atoms with E-state index in [1.165, 1.54) is 0 Å². The van der Waals surface area contributed by atoms with E-state index < -0.39 is 34.3 Å². The molecule has 0 saturated heterocycles. The van der Waals surface area contributed by atoms with E-state index in [-0.39, 0.29) is 56.6 Å². The molecule has 0 unspecified atom stereocenters. The molecule has 0 atom stereocenters. The second-order valence-corrected chi connectivity index (χ2v) is 17.4. The van der Waals surface area contributed by atoms with Crippen LogP contribution in [0.4, 0.5) is 0 Å². The third-order valence-corrected chi connectivity index (χ3v) is 7.29. The summed E-state index contributed by atoms with van der Waals surface area (Å²) in [6.07, 6.45) is 5.14. The van der Waals surface area contributed by atoms with E-state index in [9.17, 15) is 24.0 Å². The Morgan fingerprint density at radius 3 is 1.22 bits per heavy atom. The van der Waals surface area contributed by atoms with Crippen LogP contribution >= 0.6 is 0 Å². The Labute approximate surface area is 305 Å². The molecule has 1 aliphatic carbocycles. The van der Waals surface area contributed by atoms with Crippen molar-refractivity contribution in [1.82, 2.24) is 24.5 Å². The topological polar surface area (TPSA) is 138 Å². The third kappa shape index (κ3) is 20.3. The average Bonchev–Trinajstić information content (AvgIpc) is 3.74. The highest BCUT2D eigenvalue weighted by molar-refractivity contribution is 5.84. The second-order valence-electron chi connectivity index (χ2n) is 17.4. The molecule has 0 radical (unpaired) electrons. The standard InChI is InChI=1S/C37H65N5O9/c1-34(2,3)48-30(44)24-39-17-15-38(23-29(43)42(28-13-14-28)27-33(47)51-37(10,11)12)16-18-40(25-31(45)49-35(4,5)6)20-22-41(21-19-39)26-32(46)50-36(7,8)9/h15,17,28H,13-14,16,18-27H2,1-12H3/b17-15-. The summed E-state index contributed by atoms with van der Waals surface area (Å²) in [4.78, 5) is 74.4. The van der Waals surface area contributed by atoms with E-state index in [0.717, 1.165) is 12.8 Å². The number of esters is 4. The van der Waals surface area contributed by atoms with Crippen molar-refractivity contribution in [1.29, 1.82) is 0 Å². The molecule has 0 spiro atoms. The Bertz CT molecular complexity index is 1220. The minimum atomic E-state index is -0.674. The number of ether oxygens (including phenoxy) is 4. The molecule has 0 aromatic carbocycles. The number of hydrogen-bond acceptors (Lipinski definition) is 13. The van der Waals surface area contributed by atoms with Gasteiger partial charge in [-0.3, -0.25) is 33.8 Å². The maximum Gasteiger partial charge on any atom is 0.326 e. The van der Waals surface area contributed by atoms with Crippen molar-refractivity contribution < 1.29 is 42.9 Å². The highest BCUT2D eigenvalue weighted by atomic mass is 16.6.